The number of carbonyl (C=O) groups is 2. The fourth-order valence-corrected chi connectivity index (χ4v) is 2.42. The minimum atomic E-state index is -0.846. The predicted octanol–water partition coefficient (Wildman–Crippen LogP) is 3.05. The normalized spacial score (nSPS) is 17.3. The van der Waals surface area contributed by atoms with E-state index in [0.717, 1.165) is 6.42 Å². The number of urea groups is 1. The quantitative estimate of drug-likeness (QED) is 0.844. The number of nitrogens with zero attached hydrogens (tertiary/aromatic N) is 1. The Morgan fingerprint density at radius 1 is 1.43 bits per heavy atom. The number of hydrogen-bond acceptors (Lipinski definition) is 3. The molecule has 2 N–H and O–H groups in total. The van der Waals surface area contributed by atoms with Crippen LogP contribution in [-0.4, -0.2) is 41.7 Å². The summed E-state index contributed by atoms with van der Waals surface area (Å²) in [5, 5.41) is 11.8. The van der Waals surface area contributed by atoms with E-state index in [9.17, 15) is 9.59 Å². The summed E-state index contributed by atoms with van der Waals surface area (Å²) in [6.07, 6.45) is 1.47. The average Bonchev–Trinajstić information content (AvgIpc) is 2.97. The topological polar surface area (TPSA) is 78.9 Å². The zero-order valence-electron chi connectivity index (χ0n) is 13.6. The third-order valence-corrected chi connectivity index (χ3v) is 3.87. The molecule has 126 valence electrons. The van der Waals surface area contributed by atoms with Crippen molar-refractivity contribution >= 4 is 17.7 Å². The molecule has 1 aliphatic heterocycles. The van der Waals surface area contributed by atoms with Gasteiger partial charge in [-0.25, -0.2) is 4.79 Å². The highest BCUT2D eigenvalue weighted by Crippen LogP contribution is 2.21. The van der Waals surface area contributed by atoms with Crippen molar-refractivity contribution in [2.45, 2.75) is 26.7 Å². The van der Waals surface area contributed by atoms with Gasteiger partial charge in [-0.05, 0) is 30.9 Å². The number of ether oxygens (including phenoxy) is 1. The molecule has 0 aliphatic carbocycles. The summed E-state index contributed by atoms with van der Waals surface area (Å²) in [7, 11) is 0. The Labute approximate surface area is 136 Å². The number of rotatable bonds is 6. The molecule has 1 saturated heterocycles. The van der Waals surface area contributed by atoms with Crippen LogP contribution >= 0.6 is 0 Å². The first kappa shape index (κ1) is 17.1. The fourth-order valence-electron chi connectivity index (χ4n) is 2.42. The first-order valence-electron chi connectivity index (χ1n) is 7.97. The van der Waals surface area contributed by atoms with Crippen molar-refractivity contribution in [1.82, 2.24) is 4.90 Å². The molecule has 0 aromatic heterocycles. The molecule has 6 nitrogen and oxygen atoms in total. The number of nitrogens with one attached hydrogen (secondary N) is 1. The zero-order valence-corrected chi connectivity index (χ0v) is 13.6. The number of likely N-dealkylation sites (tertiary alicyclic amines) is 1. The van der Waals surface area contributed by atoms with Crippen molar-refractivity contribution in [2.75, 3.05) is 25.0 Å². The van der Waals surface area contributed by atoms with Crippen molar-refractivity contribution in [3.63, 3.8) is 0 Å². The first-order chi connectivity index (χ1) is 11.0. The van der Waals surface area contributed by atoms with E-state index >= 15 is 0 Å². The van der Waals surface area contributed by atoms with Gasteiger partial charge in [0.1, 0.15) is 5.75 Å². The van der Waals surface area contributed by atoms with E-state index in [-0.39, 0.29) is 12.6 Å². The molecule has 1 unspecified atom stereocenters. The molecule has 1 aromatic rings. The Morgan fingerprint density at radius 2 is 2.22 bits per heavy atom. The molecule has 1 atom stereocenters. The van der Waals surface area contributed by atoms with Crippen LogP contribution in [0, 0.1) is 11.8 Å². The van der Waals surface area contributed by atoms with Gasteiger partial charge in [-0.15, -0.1) is 0 Å². The van der Waals surface area contributed by atoms with Crippen molar-refractivity contribution in [3.8, 4) is 5.75 Å². The lowest BCUT2D eigenvalue weighted by Gasteiger charge is -2.17. The number of hydrogen-bond donors (Lipinski definition) is 2. The van der Waals surface area contributed by atoms with Crippen LogP contribution in [-0.2, 0) is 4.79 Å². The average molecular weight is 320 g/mol. The van der Waals surface area contributed by atoms with Crippen molar-refractivity contribution in [1.29, 1.82) is 0 Å². The second-order valence-corrected chi connectivity index (χ2v) is 6.26. The monoisotopic (exact) mass is 320 g/mol. The standard InChI is InChI=1S/C17H24N2O4/c1-12(2)7-9-23-15-5-3-4-14(10-15)18-17(22)19-8-6-13(11-19)16(20)21/h3-5,10,12-13H,6-9,11H2,1-2H3,(H,18,22)(H,20,21). The van der Waals surface area contributed by atoms with Crippen LogP contribution in [0.4, 0.5) is 10.5 Å². The Kier molecular flexibility index (Phi) is 5.84. The van der Waals surface area contributed by atoms with Gasteiger partial charge in [0.25, 0.3) is 0 Å². The van der Waals surface area contributed by atoms with Gasteiger partial charge in [0.05, 0.1) is 12.5 Å². The van der Waals surface area contributed by atoms with Crippen LogP contribution in [0.25, 0.3) is 0 Å². The lowest BCUT2D eigenvalue weighted by Crippen LogP contribution is -2.33. The third-order valence-electron chi connectivity index (χ3n) is 3.87. The first-order valence-corrected chi connectivity index (χ1v) is 7.97. The summed E-state index contributed by atoms with van der Waals surface area (Å²) >= 11 is 0. The molecule has 0 saturated carbocycles. The van der Waals surface area contributed by atoms with Gasteiger partial charge in [-0.2, -0.15) is 0 Å². The number of amides is 2. The van der Waals surface area contributed by atoms with Gasteiger partial charge in [0.2, 0.25) is 0 Å². The largest absolute Gasteiger partial charge is 0.494 e. The van der Waals surface area contributed by atoms with Gasteiger partial charge in [-0.1, -0.05) is 19.9 Å². The number of carboxylic acids is 1. The van der Waals surface area contributed by atoms with Crippen LogP contribution in [0.15, 0.2) is 24.3 Å². The smallest absolute Gasteiger partial charge is 0.321 e. The fraction of sp³-hybridized carbons (Fsp3) is 0.529. The summed E-state index contributed by atoms with van der Waals surface area (Å²) in [5.74, 6) is -0.0178. The number of benzene rings is 1. The highest BCUT2D eigenvalue weighted by molar-refractivity contribution is 5.90. The SMILES string of the molecule is CC(C)CCOc1cccc(NC(=O)N2CCC(C(=O)O)C2)c1. The van der Waals surface area contributed by atoms with E-state index in [1.807, 2.05) is 12.1 Å². The molecule has 6 heteroatoms. The summed E-state index contributed by atoms with van der Waals surface area (Å²) in [6, 6.07) is 6.98. The molecule has 0 bridgehead atoms. The van der Waals surface area contributed by atoms with E-state index in [4.69, 9.17) is 9.84 Å². The molecular formula is C17H24N2O4. The molecule has 1 aromatic carbocycles. The zero-order chi connectivity index (χ0) is 16.8. The Balaban J connectivity index is 1.87. The molecule has 2 amide bonds. The second kappa shape index (κ2) is 7.85. The minimum absolute atomic E-state index is 0.256. The maximum Gasteiger partial charge on any atom is 0.321 e. The second-order valence-electron chi connectivity index (χ2n) is 6.26. The van der Waals surface area contributed by atoms with E-state index in [2.05, 4.69) is 19.2 Å². The molecule has 23 heavy (non-hydrogen) atoms. The lowest BCUT2D eigenvalue weighted by molar-refractivity contribution is -0.141. The van der Waals surface area contributed by atoms with Gasteiger partial charge >= 0.3 is 12.0 Å². The highest BCUT2D eigenvalue weighted by atomic mass is 16.5. The van der Waals surface area contributed by atoms with Crippen LogP contribution in [0.5, 0.6) is 5.75 Å². The van der Waals surface area contributed by atoms with Crippen LogP contribution in [0.3, 0.4) is 0 Å². The van der Waals surface area contributed by atoms with Crippen molar-refractivity contribution in [3.05, 3.63) is 24.3 Å². The number of aliphatic carboxylic acids is 1. The van der Waals surface area contributed by atoms with Gasteiger partial charge in [0.15, 0.2) is 0 Å². The molecule has 1 heterocycles. The number of carboxylic acid groups (broad SMARTS) is 1. The Morgan fingerprint density at radius 3 is 2.87 bits per heavy atom. The van der Waals surface area contributed by atoms with Gasteiger partial charge in [-0.3, -0.25) is 4.79 Å². The summed E-state index contributed by atoms with van der Waals surface area (Å²) in [4.78, 5) is 24.7. The van der Waals surface area contributed by atoms with Crippen molar-refractivity contribution in [2.24, 2.45) is 11.8 Å². The van der Waals surface area contributed by atoms with Crippen LogP contribution < -0.4 is 10.1 Å². The maximum atomic E-state index is 12.2. The lowest BCUT2D eigenvalue weighted by atomic mass is 10.1. The predicted molar refractivity (Wildman–Crippen MR) is 87.7 cm³/mol. The summed E-state index contributed by atoms with van der Waals surface area (Å²) < 4.78 is 5.67. The Bertz CT molecular complexity index is 559. The summed E-state index contributed by atoms with van der Waals surface area (Å²) in [5.41, 5.74) is 0.649. The molecule has 2 rings (SSSR count). The van der Waals surface area contributed by atoms with Gasteiger partial charge < -0.3 is 20.1 Å². The van der Waals surface area contributed by atoms with E-state index in [0.29, 0.717) is 36.9 Å². The minimum Gasteiger partial charge on any atom is -0.494 e. The number of anilines is 1. The number of carbonyl (C=O) groups excluding carboxylic acids is 1. The van der Waals surface area contributed by atoms with E-state index in [1.165, 1.54) is 4.90 Å². The molecular weight excluding hydrogens is 296 g/mol. The molecule has 1 fully saturated rings. The van der Waals surface area contributed by atoms with Crippen LogP contribution in [0.1, 0.15) is 26.7 Å². The van der Waals surface area contributed by atoms with Crippen molar-refractivity contribution < 1.29 is 19.4 Å². The van der Waals surface area contributed by atoms with Crippen LogP contribution in [0.2, 0.25) is 0 Å². The molecule has 0 spiro atoms. The third kappa shape index (κ3) is 5.16. The van der Waals surface area contributed by atoms with E-state index < -0.39 is 11.9 Å². The van der Waals surface area contributed by atoms with Gasteiger partial charge in [0, 0.05) is 24.8 Å². The maximum absolute atomic E-state index is 12.2. The highest BCUT2D eigenvalue weighted by Gasteiger charge is 2.30. The van der Waals surface area contributed by atoms with E-state index in [1.54, 1.807) is 12.1 Å². The molecule has 1 aliphatic rings. The molecule has 0 radical (unpaired) electrons. The summed E-state index contributed by atoms with van der Waals surface area (Å²) in [6.45, 7) is 5.64. The Hall–Kier alpha value is -2.24.